The molecule has 0 fully saturated rings. The Kier molecular flexibility index (Phi) is 45.0. The van der Waals surface area contributed by atoms with Crippen LogP contribution >= 0.6 is 0 Å². The van der Waals surface area contributed by atoms with Crippen LogP contribution in [0.2, 0.25) is 0 Å². The van der Waals surface area contributed by atoms with Crippen LogP contribution in [-0.2, 0) is 90.8 Å². The van der Waals surface area contributed by atoms with E-state index < -0.39 is 29.9 Å². The monoisotopic (exact) mass is 1920 g/mol. The van der Waals surface area contributed by atoms with Crippen molar-refractivity contribution in [3.05, 3.63) is 362 Å². The summed E-state index contributed by atoms with van der Waals surface area (Å²) in [4.78, 5) is 84.3. The summed E-state index contributed by atoms with van der Waals surface area (Å²) in [7, 11) is 0. The summed E-state index contributed by atoms with van der Waals surface area (Å²) in [6, 6.07) is 83.6. The second kappa shape index (κ2) is 57.2. The van der Waals surface area contributed by atoms with Gasteiger partial charge in [-0.05, 0) is 193 Å². The first-order valence-corrected chi connectivity index (χ1v) is 47.5. The molecular formula is C118H133NO22. The number of ether oxygens (including phenoxy) is 8. The normalized spacial score (nSPS) is 10.7. The van der Waals surface area contributed by atoms with Crippen molar-refractivity contribution in [3.8, 4) is 80.3 Å². The molecule has 6 N–H and O–H groups in total. The van der Waals surface area contributed by atoms with Gasteiger partial charge in [-0.3, -0.25) is 24.0 Å². The highest BCUT2D eigenvalue weighted by Gasteiger charge is 2.28. The van der Waals surface area contributed by atoms with E-state index in [2.05, 4.69) is 60.5 Å². The first-order valence-electron chi connectivity index (χ1n) is 47.5. The topological polar surface area (TPSA) is 341 Å². The summed E-state index contributed by atoms with van der Waals surface area (Å²) in [6.07, 6.45) is 3.23. The van der Waals surface area contributed by atoms with Crippen LogP contribution < -0.4 is 28.4 Å². The number of Topliss-reactive ketones (excluding diaryl/α,β-unsaturated/α-hetero) is 5. The van der Waals surface area contributed by atoms with E-state index in [4.69, 9.17) is 52.6 Å². The maximum absolute atomic E-state index is 13.2. The third-order valence-corrected chi connectivity index (χ3v) is 21.2. The first kappa shape index (κ1) is 111. The van der Waals surface area contributed by atoms with Crippen LogP contribution in [0, 0.1) is 35.5 Å². The SMILES string of the molecule is CC(=O)c1cc(CC(C)C)c(O)cc1O.CC(=O)c1cc(CC(C)C)c(OCc2ccccc2)cc1OCc1ccccc1.CC(C)C(=O)c1ccc(O)cc1O.CC(C)Cc1ccc(O)cc1O.CCOC(=O)C(=O)CC(=O)c1cc(CC(C)C)c(OCc2ccccc2)cc1OCc1ccccc1.CCOC(=O)c1cc(-c2cc(CC(C)C)c(OCc3ccccc3)cc2OCc2ccccc2)on1. The van der Waals surface area contributed by atoms with E-state index in [0.29, 0.717) is 121 Å². The van der Waals surface area contributed by atoms with Crippen molar-refractivity contribution in [1.29, 1.82) is 0 Å². The number of aromatic nitrogens is 1. The van der Waals surface area contributed by atoms with Gasteiger partial charge in [-0.1, -0.05) is 276 Å². The summed E-state index contributed by atoms with van der Waals surface area (Å²) >= 11 is 0. The van der Waals surface area contributed by atoms with Gasteiger partial charge in [0.2, 0.25) is 5.78 Å². The molecule has 0 spiro atoms. The number of phenolic OH excluding ortho intramolecular Hbond substituents is 6. The molecule has 23 heteroatoms. The van der Waals surface area contributed by atoms with Gasteiger partial charge < -0.3 is 73.1 Å². The van der Waals surface area contributed by atoms with Crippen molar-refractivity contribution in [2.24, 2.45) is 35.5 Å². The van der Waals surface area contributed by atoms with Crippen LogP contribution in [0.25, 0.3) is 11.3 Å². The lowest BCUT2D eigenvalue weighted by atomic mass is 9.96. The largest absolute Gasteiger partial charge is 0.508 e. The molecule has 0 saturated heterocycles. The fraction of sp³-hybridized carbons (Fsp3) is 0.305. The van der Waals surface area contributed by atoms with Gasteiger partial charge in [-0.25, -0.2) is 9.59 Å². The minimum absolute atomic E-state index is 0.00678. The number of carbonyl (C=O) groups excluding carboxylic acids is 7. The van der Waals surface area contributed by atoms with Gasteiger partial charge in [-0.2, -0.15) is 0 Å². The summed E-state index contributed by atoms with van der Waals surface area (Å²) in [6.45, 7) is 33.5. The van der Waals surface area contributed by atoms with E-state index >= 15 is 0 Å². The molecule has 0 aliphatic heterocycles. The van der Waals surface area contributed by atoms with Gasteiger partial charge in [0, 0.05) is 48.4 Å². The van der Waals surface area contributed by atoms with Gasteiger partial charge in [0.25, 0.3) is 0 Å². The highest BCUT2D eigenvalue weighted by atomic mass is 16.5. The van der Waals surface area contributed by atoms with Gasteiger partial charge in [0.05, 0.1) is 47.5 Å². The maximum atomic E-state index is 13.2. The van der Waals surface area contributed by atoms with E-state index in [0.717, 1.165) is 92.5 Å². The zero-order chi connectivity index (χ0) is 103. The fourth-order valence-electron chi connectivity index (χ4n) is 14.4. The molecule has 0 bridgehead atoms. The smallest absolute Gasteiger partial charge is 0.375 e. The molecule has 742 valence electrons. The maximum Gasteiger partial charge on any atom is 0.375 e. The lowest BCUT2D eigenvalue weighted by Crippen LogP contribution is -2.21. The highest BCUT2D eigenvalue weighted by molar-refractivity contribution is 6.38. The molecule has 0 saturated carbocycles. The molecule has 0 radical (unpaired) electrons. The number of hydrogen-bond acceptors (Lipinski definition) is 23. The molecule has 13 aromatic rings. The number of aromatic hydroxyl groups is 6. The zero-order valence-electron chi connectivity index (χ0n) is 83.5. The Hall–Kier alpha value is -15.3. The third-order valence-electron chi connectivity index (χ3n) is 21.2. The highest BCUT2D eigenvalue weighted by Crippen LogP contribution is 2.41. The second-order valence-electron chi connectivity index (χ2n) is 36.2. The van der Waals surface area contributed by atoms with Crippen LogP contribution in [0.1, 0.15) is 230 Å². The van der Waals surface area contributed by atoms with Crippen LogP contribution in [0.15, 0.2) is 278 Å². The number of benzene rings is 12. The van der Waals surface area contributed by atoms with Crippen LogP contribution in [0.5, 0.6) is 69.0 Å². The Morgan fingerprint density at radius 3 is 1.01 bits per heavy atom. The van der Waals surface area contributed by atoms with Gasteiger partial charge in [0.1, 0.15) is 109 Å². The molecule has 0 unspecified atom stereocenters. The summed E-state index contributed by atoms with van der Waals surface area (Å²) < 4.78 is 52.4. The zero-order valence-corrected chi connectivity index (χ0v) is 83.5. The Bertz CT molecular complexity index is 6150. The van der Waals surface area contributed by atoms with Crippen LogP contribution in [-0.4, -0.2) is 89.9 Å². The van der Waals surface area contributed by atoms with E-state index in [1.54, 1.807) is 71.0 Å². The molecule has 0 aliphatic carbocycles. The summed E-state index contributed by atoms with van der Waals surface area (Å²) in [5.41, 5.74) is 12.9. The van der Waals surface area contributed by atoms with Gasteiger partial charge in [0.15, 0.2) is 34.6 Å². The van der Waals surface area contributed by atoms with Gasteiger partial charge in [-0.15, -0.1) is 0 Å². The minimum Gasteiger partial charge on any atom is -0.508 e. The standard InChI is InChI=1S/C30H31NO5.C30H32O6.C26H28O3.C12H16O3.C10H12O3.C10H14O2/c1-4-33-30(32)26-17-29(36-31-26)25-16-24(15-21(2)3)27(34-19-22-11-7-5-8-12-22)18-28(25)35-20-23-13-9-6-10-14-23;1-4-34-30(33)27(32)17-26(31)25-16-24(15-21(2)3)28(35-19-22-11-7-5-8-12-22)18-29(25)36-20-23-13-9-6-10-14-23;1-19(2)14-23-15-24(20(3)27)26(29-18-22-12-8-5-9-13-22)16-25(23)28-17-21-10-6-4-7-11-21;1-7(2)4-9-5-10(8(3)13)12(15)6-11(9)14;1-6(2)10(13)8-4-3-7(11)5-9(8)12;1-7(2)5-8-3-4-9(11)6-10(8)12/h5-14,16-18,21H,4,15,19-20H2,1-3H3;5-14,16,18,21H,4,15,17,19-20H2,1-3H3;4-13,15-16,19H,14,17-18H2,1-3H3;5-7,14-15H,4H2,1-3H3;3-6,11-12H,1-2H3;3-4,6-7,11-12H,5H2,1-2H3. The third kappa shape index (κ3) is 37.5. The molecule has 141 heavy (non-hydrogen) atoms. The summed E-state index contributed by atoms with van der Waals surface area (Å²) in [5.74, 6) is 2.64. The molecular weight excluding hydrogens is 1780 g/mol. The molecule has 12 aromatic carbocycles. The van der Waals surface area contributed by atoms with E-state index in [9.17, 15) is 54.0 Å². The summed E-state index contributed by atoms with van der Waals surface area (Å²) in [5, 5.41) is 59.6. The quantitative estimate of drug-likeness (QED) is 0.00899. The average molecular weight is 1920 g/mol. The number of esters is 2. The number of rotatable bonds is 40. The number of phenols is 6. The van der Waals surface area contributed by atoms with Crippen molar-refractivity contribution >= 4 is 40.9 Å². The van der Waals surface area contributed by atoms with Crippen molar-refractivity contribution in [3.63, 3.8) is 0 Å². The molecule has 0 aliphatic rings. The Morgan fingerprint density at radius 2 is 0.638 bits per heavy atom. The van der Waals surface area contributed by atoms with E-state index in [1.807, 2.05) is 220 Å². The van der Waals surface area contributed by atoms with Crippen molar-refractivity contribution in [2.75, 3.05) is 13.2 Å². The average Bonchev–Trinajstić information content (AvgIpc) is 1.74. The number of carbonyl (C=O) groups is 7. The molecule has 23 nitrogen and oxygen atoms in total. The van der Waals surface area contributed by atoms with Gasteiger partial charge >= 0.3 is 11.9 Å². The lowest BCUT2D eigenvalue weighted by Gasteiger charge is -2.18. The second-order valence-corrected chi connectivity index (χ2v) is 36.2. The number of hydrogen-bond donors (Lipinski definition) is 6. The van der Waals surface area contributed by atoms with E-state index in [1.165, 1.54) is 31.2 Å². The molecule has 13 rings (SSSR count). The lowest BCUT2D eigenvalue weighted by molar-refractivity contribution is -0.153. The van der Waals surface area contributed by atoms with Crippen LogP contribution in [0.4, 0.5) is 0 Å². The molecule has 0 atom stereocenters. The number of ketones is 5. The van der Waals surface area contributed by atoms with Crippen molar-refractivity contribution in [2.45, 2.75) is 189 Å². The molecule has 1 aromatic heterocycles. The van der Waals surface area contributed by atoms with Crippen molar-refractivity contribution < 1.29 is 107 Å². The Morgan fingerprint density at radius 1 is 0.312 bits per heavy atom. The van der Waals surface area contributed by atoms with Crippen LogP contribution in [0.3, 0.4) is 0 Å². The number of nitrogens with zero attached hydrogens (tertiary/aromatic N) is 1. The van der Waals surface area contributed by atoms with E-state index in [-0.39, 0.29) is 100.0 Å². The molecule has 1 heterocycles. The fourth-order valence-corrected chi connectivity index (χ4v) is 14.4. The minimum atomic E-state index is -1.01. The Balaban J connectivity index is 0.000000218. The predicted octanol–water partition coefficient (Wildman–Crippen LogP) is 25.6. The predicted molar refractivity (Wildman–Crippen MR) is 547 cm³/mol. The molecule has 0 amide bonds. The first-order chi connectivity index (χ1) is 67.4. The Labute approximate surface area is 828 Å². The van der Waals surface area contributed by atoms with Crippen molar-refractivity contribution in [1.82, 2.24) is 5.16 Å².